The molecule has 1 heterocycles. The maximum atomic E-state index is 11.7. The number of likely N-dealkylation sites (N-methyl/N-ethyl adjacent to an activating group) is 1. The molecule has 18 heavy (non-hydrogen) atoms. The number of urea groups is 1. The van der Waals surface area contributed by atoms with Crippen LogP contribution in [-0.2, 0) is 11.3 Å². The fraction of sp³-hybridized carbons (Fsp3) is 0.308. The average Bonchev–Trinajstić information content (AvgIpc) is 2.58. The summed E-state index contributed by atoms with van der Waals surface area (Å²) in [6.45, 7) is 2.26. The van der Waals surface area contributed by atoms with Crippen molar-refractivity contribution in [2.75, 3.05) is 13.6 Å². The van der Waals surface area contributed by atoms with Crippen molar-refractivity contribution >= 4 is 11.9 Å². The Morgan fingerprint density at radius 2 is 2.11 bits per heavy atom. The van der Waals surface area contributed by atoms with Crippen molar-refractivity contribution in [1.82, 2.24) is 9.80 Å². The fourth-order valence-electron chi connectivity index (χ4n) is 1.94. The van der Waals surface area contributed by atoms with E-state index in [2.05, 4.69) is 6.07 Å². The highest BCUT2D eigenvalue weighted by Crippen LogP contribution is 2.17. The molecule has 1 aliphatic rings. The van der Waals surface area contributed by atoms with Crippen molar-refractivity contribution in [3.63, 3.8) is 0 Å². The first kappa shape index (κ1) is 12.1. The van der Waals surface area contributed by atoms with Gasteiger partial charge in [0.1, 0.15) is 6.54 Å². The van der Waals surface area contributed by atoms with Crippen LogP contribution in [0.25, 0.3) is 0 Å². The van der Waals surface area contributed by atoms with Gasteiger partial charge in [0, 0.05) is 7.05 Å². The number of carbonyl (C=O) groups is 2. The molecule has 0 unspecified atom stereocenters. The molecule has 0 spiro atoms. The van der Waals surface area contributed by atoms with Crippen LogP contribution in [0.4, 0.5) is 4.79 Å². The summed E-state index contributed by atoms with van der Waals surface area (Å²) < 4.78 is 0. The van der Waals surface area contributed by atoms with Gasteiger partial charge in [-0.1, -0.05) is 6.07 Å². The largest absolute Gasteiger partial charge is 0.327 e. The molecule has 0 bridgehead atoms. The Morgan fingerprint density at radius 1 is 1.39 bits per heavy atom. The Bertz CT molecular complexity index is 560. The number of amides is 3. The monoisotopic (exact) mass is 243 g/mol. The molecule has 1 aliphatic heterocycles. The summed E-state index contributed by atoms with van der Waals surface area (Å²) in [4.78, 5) is 26.0. The van der Waals surface area contributed by atoms with Gasteiger partial charge in [0.2, 0.25) is 0 Å². The Balaban J connectivity index is 2.23. The number of aryl methyl sites for hydroxylation is 1. The second-order valence-electron chi connectivity index (χ2n) is 4.37. The van der Waals surface area contributed by atoms with Gasteiger partial charge in [0.25, 0.3) is 5.91 Å². The van der Waals surface area contributed by atoms with E-state index >= 15 is 0 Å². The highest BCUT2D eigenvalue weighted by Gasteiger charge is 2.33. The van der Waals surface area contributed by atoms with Crippen LogP contribution in [0.15, 0.2) is 18.2 Å². The number of hydrogen-bond donors (Lipinski definition) is 0. The van der Waals surface area contributed by atoms with Gasteiger partial charge in [-0.15, -0.1) is 0 Å². The van der Waals surface area contributed by atoms with Crippen molar-refractivity contribution in [2.24, 2.45) is 0 Å². The van der Waals surface area contributed by atoms with Crippen LogP contribution < -0.4 is 0 Å². The molecule has 1 saturated heterocycles. The van der Waals surface area contributed by atoms with Crippen molar-refractivity contribution in [3.05, 3.63) is 34.9 Å². The zero-order valence-electron chi connectivity index (χ0n) is 10.3. The predicted octanol–water partition coefficient (Wildman–Crippen LogP) is 1.26. The molecule has 0 N–H and O–H groups in total. The average molecular weight is 243 g/mol. The van der Waals surface area contributed by atoms with Gasteiger partial charge >= 0.3 is 6.03 Å². The van der Waals surface area contributed by atoms with Crippen molar-refractivity contribution in [1.29, 1.82) is 5.26 Å². The summed E-state index contributed by atoms with van der Waals surface area (Å²) in [6.07, 6.45) is 0. The third kappa shape index (κ3) is 2.05. The maximum Gasteiger partial charge on any atom is 0.327 e. The van der Waals surface area contributed by atoms with Gasteiger partial charge < -0.3 is 4.90 Å². The molecule has 92 valence electrons. The highest BCUT2D eigenvalue weighted by molar-refractivity contribution is 6.01. The molecule has 0 atom stereocenters. The van der Waals surface area contributed by atoms with Crippen molar-refractivity contribution in [2.45, 2.75) is 13.5 Å². The van der Waals surface area contributed by atoms with Gasteiger partial charge in [-0.05, 0) is 30.2 Å². The third-order valence-corrected chi connectivity index (χ3v) is 3.03. The van der Waals surface area contributed by atoms with E-state index in [9.17, 15) is 9.59 Å². The van der Waals surface area contributed by atoms with Crippen molar-refractivity contribution in [3.8, 4) is 6.07 Å². The van der Waals surface area contributed by atoms with E-state index in [-0.39, 0.29) is 25.0 Å². The summed E-state index contributed by atoms with van der Waals surface area (Å²) >= 11 is 0. The van der Waals surface area contributed by atoms with E-state index in [1.807, 2.05) is 6.92 Å². The minimum Gasteiger partial charge on any atom is -0.318 e. The van der Waals surface area contributed by atoms with Crippen LogP contribution in [0.3, 0.4) is 0 Å². The molecule has 0 radical (unpaired) electrons. The Labute approximate surface area is 105 Å². The minimum atomic E-state index is -0.274. The summed E-state index contributed by atoms with van der Waals surface area (Å²) in [5.74, 6) is -0.189. The lowest BCUT2D eigenvalue weighted by Gasteiger charge is -2.15. The lowest BCUT2D eigenvalue weighted by atomic mass is 10.1. The van der Waals surface area contributed by atoms with Gasteiger partial charge in [-0.2, -0.15) is 5.26 Å². The number of carbonyl (C=O) groups excluding carboxylic acids is 2. The second-order valence-corrected chi connectivity index (χ2v) is 4.37. The first-order valence-electron chi connectivity index (χ1n) is 5.58. The first-order valence-corrected chi connectivity index (χ1v) is 5.58. The Morgan fingerprint density at radius 3 is 2.61 bits per heavy atom. The maximum absolute atomic E-state index is 11.7. The van der Waals surface area contributed by atoms with Crippen LogP contribution >= 0.6 is 0 Å². The van der Waals surface area contributed by atoms with Crippen molar-refractivity contribution < 1.29 is 9.59 Å². The molecular weight excluding hydrogens is 230 g/mol. The summed E-state index contributed by atoms with van der Waals surface area (Å²) in [5, 5.41) is 8.78. The minimum absolute atomic E-state index is 0.133. The number of benzene rings is 1. The number of imide groups is 1. The van der Waals surface area contributed by atoms with Gasteiger partial charge in [0.15, 0.2) is 0 Å². The summed E-state index contributed by atoms with van der Waals surface area (Å²) in [7, 11) is 1.60. The molecular formula is C13H13N3O2. The summed E-state index contributed by atoms with van der Waals surface area (Å²) in [5.41, 5.74) is 2.36. The van der Waals surface area contributed by atoms with E-state index in [4.69, 9.17) is 5.26 Å². The van der Waals surface area contributed by atoms with E-state index < -0.39 is 0 Å². The number of nitrogens with zero attached hydrogens (tertiary/aromatic N) is 3. The van der Waals surface area contributed by atoms with Gasteiger partial charge in [0.05, 0.1) is 18.2 Å². The van der Waals surface area contributed by atoms with E-state index in [1.54, 1.807) is 25.2 Å². The van der Waals surface area contributed by atoms with Crippen LogP contribution in [0, 0.1) is 18.3 Å². The summed E-state index contributed by atoms with van der Waals surface area (Å²) in [6, 6.07) is 7.01. The van der Waals surface area contributed by atoms with Crippen LogP contribution in [-0.4, -0.2) is 35.3 Å². The topological polar surface area (TPSA) is 64.4 Å². The fourth-order valence-corrected chi connectivity index (χ4v) is 1.94. The molecule has 5 heteroatoms. The van der Waals surface area contributed by atoms with Crippen LogP contribution in [0.5, 0.6) is 0 Å². The molecule has 2 rings (SSSR count). The number of rotatable bonds is 2. The van der Waals surface area contributed by atoms with Gasteiger partial charge in [-0.3, -0.25) is 9.69 Å². The SMILES string of the molecule is Cc1cc(C#N)ccc1CN1C(=O)CN(C)C1=O. The number of hydrogen-bond acceptors (Lipinski definition) is 3. The second kappa shape index (κ2) is 4.49. The molecule has 1 aromatic carbocycles. The molecule has 0 aromatic heterocycles. The molecule has 1 aromatic rings. The number of nitriles is 1. The normalized spacial score (nSPS) is 15.2. The zero-order chi connectivity index (χ0) is 13.3. The molecule has 1 fully saturated rings. The van der Waals surface area contributed by atoms with Gasteiger partial charge in [-0.25, -0.2) is 4.79 Å². The van der Waals surface area contributed by atoms with E-state index in [0.717, 1.165) is 11.1 Å². The zero-order valence-corrected chi connectivity index (χ0v) is 10.3. The van der Waals surface area contributed by atoms with Crippen LogP contribution in [0.2, 0.25) is 0 Å². The Kier molecular flexibility index (Phi) is 3.02. The molecule has 5 nitrogen and oxygen atoms in total. The smallest absolute Gasteiger partial charge is 0.318 e. The highest BCUT2D eigenvalue weighted by atomic mass is 16.2. The van der Waals surface area contributed by atoms with Crippen LogP contribution in [0.1, 0.15) is 16.7 Å². The molecule has 0 saturated carbocycles. The lowest BCUT2D eigenvalue weighted by Crippen LogP contribution is -2.31. The standard InChI is InChI=1S/C13H13N3O2/c1-9-5-10(6-14)3-4-11(9)7-16-12(17)8-15(2)13(16)18/h3-5H,7-8H2,1-2H3. The van der Waals surface area contributed by atoms with E-state index in [0.29, 0.717) is 5.56 Å². The predicted molar refractivity (Wildman–Crippen MR) is 64.5 cm³/mol. The molecule has 0 aliphatic carbocycles. The third-order valence-electron chi connectivity index (χ3n) is 3.03. The quantitative estimate of drug-likeness (QED) is 0.734. The molecule has 3 amide bonds. The lowest BCUT2D eigenvalue weighted by molar-refractivity contribution is -0.125. The Hall–Kier alpha value is -2.35. The first-order chi connectivity index (χ1) is 8.52. The van der Waals surface area contributed by atoms with E-state index in [1.165, 1.54) is 9.80 Å².